The van der Waals surface area contributed by atoms with Crippen LogP contribution in [0.4, 0.5) is 0 Å². The largest absolute Gasteiger partial charge is 0.507 e. The van der Waals surface area contributed by atoms with E-state index in [9.17, 15) is 9.90 Å². The molecule has 0 fully saturated rings. The Labute approximate surface area is 109 Å². The van der Waals surface area contributed by atoms with Crippen molar-refractivity contribution in [2.24, 2.45) is 5.92 Å². The number of hydrogen-bond acceptors (Lipinski definition) is 3. The maximum atomic E-state index is 11.9. The van der Waals surface area contributed by atoms with E-state index in [1.165, 1.54) is 6.07 Å². The first kappa shape index (κ1) is 14.0. The molecule has 4 nitrogen and oxygen atoms in total. The molecule has 17 heavy (non-hydrogen) atoms. The van der Waals surface area contributed by atoms with Gasteiger partial charge in [0.25, 0.3) is 5.91 Å². The van der Waals surface area contributed by atoms with Gasteiger partial charge in [-0.05, 0) is 24.1 Å². The molecule has 0 saturated carbocycles. The van der Waals surface area contributed by atoms with E-state index < -0.39 is 5.91 Å². The lowest BCUT2D eigenvalue weighted by Crippen LogP contribution is -2.41. The Kier molecular flexibility index (Phi) is 4.96. The Balaban J connectivity index is 2.86. The van der Waals surface area contributed by atoms with Crippen LogP contribution in [0.3, 0.4) is 0 Å². The first-order valence-corrected chi connectivity index (χ1v) is 6.15. The smallest absolute Gasteiger partial charge is 0.255 e. The molecular formula is C12H16BrNO3. The van der Waals surface area contributed by atoms with E-state index in [2.05, 4.69) is 21.2 Å². The van der Waals surface area contributed by atoms with Gasteiger partial charge in [-0.1, -0.05) is 29.8 Å². The van der Waals surface area contributed by atoms with Crippen LogP contribution in [-0.2, 0) is 0 Å². The lowest BCUT2D eigenvalue weighted by atomic mass is 10.0. The fourth-order valence-corrected chi connectivity index (χ4v) is 1.72. The molecule has 0 radical (unpaired) electrons. The number of benzene rings is 1. The van der Waals surface area contributed by atoms with Gasteiger partial charge >= 0.3 is 0 Å². The monoisotopic (exact) mass is 301 g/mol. The van der Waals surface area contributed by atoms with E-state index in [4.69, 9.17) is 5.11 Å². The Hall–Kier alpha value is -1.07. The maximum absolute atomic E-state index is 11.9. The highest BCUT2D eigenvalue weighted by atomic mass is 79.9. The number of nitrogens with one attached hydrogen (secondary N) is 1. The highest BCUT2D eigenvalue weighted by Crippen LogP contribution is 2.22. The van der Waals surface area contributed by atoms with E-state index >= 15 is 0 Å². The summed E-state index contributed by atoms with van der Waals surface area (Å²) < 4.78 is 0.713. The van der Waals surface area contributed by atoms with Gasteiger partial charge in [0.1, 0.15) is 5.75 Å². The van der Waals surface area contributed by atoms with Crippen molar-refractivity contribution in [3.63, 3.8) is 0 Å². The number of halogens is 1. The molecule has 3 N–H and O–H groups in total. The van der Waals surface area contributed by atoms with Crippen LogP contribution in [0.15, 0.2) is 22.7 Å². The van der Waals surface area contributed by atoms with Crippen molar-refractivity contribution in [2.45, 2.75) is 19.9 Å². The summed E-state index contributed by atoms with van der Waals surface area (Å²) >= 11 is 3.24. The van der Waals surface area contributed by atoms with Gasteiger partial charge in [0.2, 0.25) is 0 Å². The van der Waals surface area contributed by atoms with Crippen molar-refractivity contribution in [1.82, 2.24) is 5.32 Å². The highest BCUT2D eigenvalue weighted by molar-refractivity contribution is 9.10. The van der Waals surface area contributed by atoms with Crippen LogP contribution in [0.2, 0.25) is 0 Å². The Bertz CT molecular complexity index is 407. The quantitative estimate of drug-likeness (QED) is 0.795. The molecule has 0 unspecified atom stereocenters. The van der Waals surface area contributed by atoms with Crippen molar-refractivity contribution in [3.05, 3.63) is 28.2 Å². The number of aliphatic hydroxyl groups excluding tert-OH is 1. The molecule has 0 spiro atoms. The van der Waals surface area contributed by atoms with E-state index in [-0.39, 0.29) is 29.9 Å². The third-order valence-electron chi connectivity index (χ3n) is 2.52. The summed E-state index contributed by atoms with van der Waals surface area (Å²) in [5.74, 6) is -0.346. The molecule has 0 aromatic heterocycles. The number of phenols is 1. The van der Waals surface area contributed by atoms with E-state index in [1.54, 1.807) is 12.1 Å². The molecule has 0 aliphatic rings. The summed E-state index contributed by atoms with van der Waals surface area (Å²) in [6, 6.07) is 4.32. The van der Waals surface area contributed by atoms with Crippen LogP contribution in [0.1, 0.15) is 24.2 Å². The molecule has 0 aliphatic carbocycles. The van der Waals surface area contributed by atoms with Crippen molar-refractivity contribution in [2.75, 3.05) is 6.61 Å². The van der Waals surface area contributed by atoms with Crippen LogP contribution >= 0.6 is 15.9 Å². The van der Waals surface area contributed by atoms with Crippen LogP contribution in [-0.4, -0.2) is 28.8 Å². The second-order valence-corrected chi connectivity index (χ2v) is 5.08. The minimum absolute atomic E-state index is 0.0776. The average molecular weight is 302 g/mol. The van der Waals surface area contributed by atoms with Gasteiger partial charge in [0.05, 0.1) is 18.2 Å². The van der Waals surface area contributed by atoms with Crippen LogP contribution in [0, 0.1) is 5.92 Å². The third kappa shape index (κ3) is 3.71. The van der Waals surface area contributed by atoms with Gasteiger partial charge < -0.3 is 15.5 Å². The summed E-state index contributed by atoms with van der Waals surface area (Å²) in [4.78, 5) is 11.9. The summed E-state index contributed by atoms with van der Waals surface area (Å²) in [5.41, 5.74) is 0.193. The fraction of sp³-hybridized carbons (Fsp3) is 0.417. The topological polar surface area (TPSA) is 69.6 Å². The Morgan fingerprint density at radius 2 is 2.12 bits per heavy atom. The minimum atomic E-state index is -0.392. The second kappa shape index (κ2) is 6.02. The SMILES string of the molecule is CC(C)[C@@H](CO)NC(=O)c1cc(Br)ccc1O. The molecule has 1 aromatic rings. The first-order valence-electron chi connectivity index (χ1n) is 5.36. The fourth-order valence-electron chi connectivity index (χ4n) is 1.36. The van der Waals surface area contributed by atoms with Gasteiger partial charge in [-0.3, -0.25) is 4.79 Å². The average Bonchev–Trinajstić information content (AvgIpc) is 2.28. The molecule has 1 rings (SSSR count). The van der Waals surface area contributed by atoms with Gasteiger partial charge in [-0.25, -0.2) is 0 Å². The van der Waals surface area contributed by atoms with Crippen LogP contribution in [0.25, 0.3) is 0 Å². The number of hydrogen-bond donors (Lipinski definition) is 3. The number of rotatable bonds is 4. The standard InChI is InChI=1S/C12H16BrNO3/c1-7(2)10(6-15)14-12(17)9-5-8(13)3-4-11(9)16/h3-5,7,10,15-16H,6H2,1-2H3,(H,14,17)/t10-/m1/s1. The predicted octanol–water partition coefficient (Wildman–Crippen LogP) is 1.90. The van der Waals surface area contributed by atoms with Gasteiger partial charge in [-0.15, -0.1) is 0 Å². The number of carbonyl (C=O) groups is 1. The zero-order valence-electron chi connectivity index (χ0n) is 9.77. The number of aliphatic hydroxyl groups is 1. The highest BCUT2D eigenvalue weighted by Gasteiger charge is 2.18. The summed E-state index contributed by atoms with van der Waals surface area (Å²) in [6.07, 6.45) is 0. The third-order valence-corrected chi connectivity index (χ3v) is 3.01. The molecule has 5 heteroatoms. The summed E-state index contributed by atoms with van der Waals surface area (Å²) in [7, 11) is 0. The lowest BCUT2D eigenvalue weighted by molar-refractivity contribution is 0.0894. The summed E-state index contributed by atoms with van der Waals surface area (Å²) in [5, 5.41) is 21.4. The first-order chi connectivity index (χ1) is 7.95. The normalized spacial score (nSPS) is 12.5. The molecule has 1 amide bonds. The number of amides is 1. The number of carbonyl (C=O) groups excluding carboxylic acids is 1. The zero-order valence-corrected chi connectivity index (χ0v) is 11.4. The van der Waals surface area contributed by atoms with E-state index in [0.717, 1.165) is 0 Å². The predicted molar refractivity (Wildman–Crippen MR) is 69.0 cm³/mol. The molecule has 0 heterocycles. The molecule has 94 valence electrons. The molecule has 0 bridgehead atoms. The van der Waals surface area contributed by atoms with Crippen molar-refractivity contribution >= 4 is 21.8 Å². The zero-order chi connectivity index (χ0) is 13.0. The number of aromatic hydroxyl groups is 1. The van der Waals surface area contributed by atoms with Crippen molar-refractivity contribution in [3.8, 4) is 5.75 Å². The maximum Gasteiger partial charge on any atom is 0.255 e. The van der Waals surface area contributed by atoms with Crippen molar-refractivity contribution < 1.29 is 15.0 Å². The van der Waals surface area contributed by atoms with Crippen LogP contribution < -0.4 is 5.32 Å². The van der Waals surface area contributed by atoms with Gasteiger partial charge in [0.15, 0.2) is 0 Å². The van der Waals surface area contributed by atoms with Gasteiger partial charge in [-0.2, -0.15) is 0 Å². The second-order valence-electron chi connectivity index (χ2n) is 4.17. The minimum Gasteiger partial charge on any atom is -0.507 e. The van der Waals surface area contributed by atoms with Crippen molar-refractivity contribution in [1.29, 1.82) is 0 Å². The molecular weight excluding hydrogens is 286 g/mol. The molecule has 1 aromatic carbocycles. The Morgan fingerprint density at radius 1 is 1.47 bits per heavy atom. The van der Waals surface area contributed by atoms with E-state index in [0.29, 0.717) is 4.47 Å². The van der Waals surface area contributed by atoms with Gasteiger partial charge in [0, 0.05) is 4.47 Å². The lowest BCUT2D eigenvalue weighted by Gasteiger charge is -2.20. The van der Waals surface area contributed by atoms with Crippen LogP contribution in [0.5, 0.6) is 5.75 Å². The molecule has 0 aliphatic heterocycles. The Morgan fingerprint density at radius 3 is 2.65 bits per heavy atom. The van der Waals surface area contributed by atoms with E-state index in [1.807, 2.05) is 13.8 Å². The number of phenolic OH excluding ortho intramolecular Hbond substituents is 1. The summed E-state index contributed by atoms with van der Waals surface area (Å²) in [6.45, 7) is 3.68. The molecule has 0 saturated heterocycles. The molecule has 1 atom stereocenters.